The lowest BCUT2D eigenvalue weighted by Gasteiger charge is -2.16. The number of benzene rings is 3. The van der Waals surface area contributed by atoms with E-state index in [9.17, 15) is 19.6 Å². The number of carbonyl (C=O) groups excluding carboxylic acids is 3. The van der Waals surface area contributed by atoms with Crippen molar-refractivity contribution in [2.75, 3.05) is 18.4 Å². The Bertz CT molecular complexity index is 1410. The zero-order chi connectivity index (χ0) is 27.1. The van der Waals surface area contributed by atoms with E-state index >= 15 is 0 Å². The molecule has 0 atom stereocenters. The molecule has 0 bridgehead atoms. The Morgan fingerprint density at radius 3 is 2.32 bits per heavy atom. The van der Waals surface area contributed by atoms with Crippen LogP contribution in [0.1, 0.15) is 25.0 Å². The van der Waals surface area contributed by atoms with E-state index in [1.54, 1.807) is 86.6 Å². The van der Waals surface area contributed by atoms with Gasteiger partial charge < -0.3 is 20.1 Å². The minimum Gasteiger partial charge on any atom is -0.456 e. The first-order valence-corrected chi connectivity index (χ1v) is 12.0. The van der Waals surface area contributed by atoms with E-state index in [4.69, 9.17) is 9.47 Å². The first-order valence-electron chi connectivity index (χ1n) is 12.0. The molecule has 0 fully saturated rings. The summed E-state index contributed by atoms with van der Waals surface area (Å²) in [5, 5.41) is 14.9. The second-order valence-electron chi connectivity index (χ2n) is 8.62. The minimum absolute atomic E-state index is 0.0164. The lowest BCUT2D eigenvalue weighted by atomic mass is 10.0. The predicted octanol–water partition coefficient (Wildman–Crippen LogP) is 4.68. The van der Waals surface area contributed by atoms with Crippen molar-refractivity contribution in [1.29, 1.82) is 5.26 Å². The first kappa shape index (κ1) is 26.0. The van der Waals surface area contributed by atoms with Gasteiger partial charge in [0.25, 0.3) is 11.8 Å². The van der Waals surface area contributed by atoms with Crippen LogP contribution < -0.4 is 15.4 Å². The molecule has 0 aliphatic carbocycles. The molecule has 9 nitrogen and oxygen atoms in total. The third-order valence-electron chi connectivity index (χ3n) is 5.54. The highest BCUT2D eigenvalue weighted by atomic mass is 16.6. The topological polar surface area (TPSA) is 121 Å². The number of nitrogens with one attached hydrogen (secondary N) is 2. The van der Waals surface area contributed by atoms with Crippen LogP contribution in [0.4, 0.5) is 10.5 Å². The number of nitriles is 1. The van der Waals surface area contributed by atoms with Gasteiger partial charge in [-0.3, -0.25) is 14.5 Å². The highest BCUT2D eigenvalue weighted by Crippen LogP contribution is 2.31. The largest absolute Gasteiger partial charge is 0.456 e. The van der Waals surface area contributed by atoms with Crippen LogP contribution in [0, 0.1) is 11.3 Å². The second-order valence-corrected chi connectivity index (χ2v) is 8.62. The van der Waals surface area contributed by atoms with Crippen LogP contribution in [-0.2, 0) is 14.3 Å². The standard InChI is InChI=1S/C29H26N4O5/c1-19(2)37-29(36)31-16-17-33-27(34)25(20-8-4-3-5-9-20)26(28(33)35)32-22-12-14-23(15-13-22)38-24-11-7-6-10-21(24)18-30/h3-15,19,32H,16-17H2,1-2H3,(H,31,36). The molecule has 0 saturated carbocycles. The fraction of sp³-hybridized carbons (Fsp3) is 0.172. The molecule has 192 valence electrons. The monoisotopic (exact) mass is 510 g/mol. The summed E-state index contributed by atoms with van der Waals surface area (Å²) in [5.41, 5.74) is 1.94. The van der Waals surface area contributed by atoms with E-state index in [-0.39, 0.29) is 30.5 Å². The first-order chi connectivity index (χ1) is 18.4. The summed E-state index contributed by atoms with van der Waals surface area (Å²) in [5.74, 6) is -0.0276. The smallest absolute Gasteiger partial charge is 0.407 e. The molecule has 1 heterocycles. The van der Waals surface area contributed by atoms with Crippen molar-refractivity contribution in [2.24, 2.45) is 0 Å². The van der Waals surface area contributed by atoms with Crippen LogP contribution in [0.2, 0.25) is 0 Å². The van der Waals surface area contributed by atoms with Crippen molar-refractivity contribution in [3.63, 3.8) is 0 Å². The van der Waals surface area contributed by atoms with Gasteiger partial charge in [-0.25, -0.2) is 4.79 Å². The summed E-state index contributed by atoms with van der Waals surface area (Å²) in [4.78, 5) is 39.5. The summed E-state index contributed by atoms with van der Waals surface area (Å²) >= 11 is 0. The van der Waals surface area contributed by atoms with E-state index in [0.717, 1.165) is 4.90 Å². The van der Waals surface area contributed by atoms with Crippen LogP contribution in [0.15, 0.2) is 84.6 Å². The SMILES string of the molecule is CC(C)OC(=O)NCCN1C(=O)C(Nc2ccc(Oc3ccccc3C#N)cc2)=C(c2ccccc2)C1=O. The molecule has 2 N–H and O–H groups in total. The lowest BCUT2D eigenvalue weighted by Crippen LogP contribution is -2.40. The van der Waals surface area contributed by atoms with Crippen molar-refractivity contribution in [3.8, 4) is 17.6 Å². The predicted molar refractivity (Wildman–Crippen MR) is 141 cm³/mol. The van der Waals surface area contributed by atoms with Crippen LogP contribution in [0.3, 0.4) is 0 Å². The highest BCUT2D eigenvalue weighted by molar-refractivity contribution is 6.36. The third kappa shape index (κ3) is 5.99. The fourth-order valence-corrected chi connectivity index (χ4v) is 3.82. The number of rotatable bonds is 9. The molecule has 0 spiro atoms. The molecule has 0 saturated heterocycles. The molecular formula is C29H26N4O5. The van der Waals surface area contributed by atoms with Gasteiger partial charge in [-0.15, -0.1) is 0 Å². The summed E-state index contributed by atoms with van der Waals surface area (Å²) in [6.07, 6.45) is -0.904. The van der Waals surface area contributed by atoms with Crippen molar-refractivity contribution in [3.05, 3.63) is 95.7 Å². The maximum absolute atomic E-state index is 13.3. The summed E-state index contributed by atoms with van der Waals surface area (Å²) < 4.78 is 10.9. The molecule has 1 aliphatic heterocycles. The van der Waals surface area contributed by atoms with Crippen LogP contribution in [-0.4, -0.2) is 42.0 Å². The number of hydrogen-bond acceptors (Lipinski definition) is 7. The van der Waals surface area contributed by atoms with Crippen LogP contribution in [0.25, 0.3) is 5.57 Å². The Morgan fingerprint density at radius 1 is 0.947 bits per heavy atom. The summed E-state index contributed by atoms with van der Waals surface area (Å²) in [7, 11) is 0. The third-order valence-corrected chi connectivity index (χ3v) is 5.54. The van der Waals surface area contributed by atoms with E-state index < -0.39 is 17.9 Å². The van der Waals surface area contributed by atoms with Gasteiger partial charge in [-0.1, -0.05) is 42.5 Å². The number of carbonyl (C=O) groups is 3. The van der Waals surface area contributed by atoms with E-state index in [1.165, 1.54) is 0 Å². The normalized spacial score (nSPS) is 12.9. The number of hydrogen-bond donors (Lipinski definition) is 2. The number of alkyl carbamates (subject to hydrolysis) is 1. The van der Waals surface area contributed by atoms with Crippen molar-refractivity contribution < 1.29 is 23.9 Å². The van der Waals surface area contributed by atoms with Crippen LogP contribution in [0.5, 0.6) is 11.5 Å². The van der Waals surface area contributed by atoms with E-state index in [2.05, 4.69) is 16.7 Å². The van der Waals surface area contributed by atoms with Gasteiger partial charge in [0.1, 0.15) is 23.3 Å². The Balaban J connectivity index is 1.52. The molecule has 38 heavy (non-hydrogen) atoms. The number of nitrogens with zero attached hydrogens (tertiary/aromatic N) is 2. The number of amides is 3. The zero-order valence-electron chi connectivity index (χ0n) is 20.9. The van der Waals surface area contributed by atoms with Gasteiger partial charge >= 0.3 is 6.09 Å². The van der Waals surface area contributed by atoms with E-state index in [1.807, 2.05) is 6.07 Å². The van der Waals surface area contributed by atoms with Gasteiger partial charge in [-0.2, -0.15) is 5.26 Å². The zero-order valence-corrected chi connectivity index (χ0v) is 20.9. The van der Waals surface area contributed by atoms with Crippen molar-refractivity contribution in [2.45, 2.75) is 20.0 Å². The molecule has 0 unspecified atom stereocenters. The quantitative estimate of drug-likeness (QED) is 0.401. The van der Waals surface area contributed by atoms with Crippen molar-refractivity contribution >= 4 is 29.2 Å². The Kier molecular flexibility index (Phi) is 8.04. The molecule has 3 aromatic rings. The number of anilines is 1. The molecule has 0 aromatic heterocycles. The number of imide groups is 1. The minimum atomic E-state index is -0.617. The Labute approximate surface area is 220 Å². The van der Waals surface area contributed by atoms with Gasteiger partial charge in [0.15, 0.2) is 0 Å². The molecule has 4 rings (SSSR count). The van der Waals surface area contributed by atoms with Gasteiger partial charge in [-0.05, 0) is 55.8 Å². The molecule has 9 heteroatoms. The summed E-state index contributed by atoms with van der Waals surface area (Å²) in [6, 6.07) is 24.7. The highest BCUT2D eigenvalue weighted by Gasteiger charge is 2.39. The number of para-hydroxylation sites is 1. The van der Waals surface area contributed by atoms with Gasteiger partial charge in [0.05, 0.1) is 17.2 Å². The molecule has 3 amide bonds. The molecule has 0 radical (unpaired) electrons. The van der Waals surface area contributed by atoms with Crippen molar-refractivity contribution in [1.82, 2.24) is 10.2 Å². The summed E-state index contributed by atoms with van der Waals surface area (Å²) in [6.45, 7) is 3.49. The average Bonchev–Trinajstić information content (AvgIpc) is 3.14. The average molecular weight is 511 g/mol. The lowest BCUT2D eigenvalue weighted by molar-refractivity contribution is -0.136. The van der Waals surface area contributed by atoms with Gasteiger partial charge in [0, 0.05) is 18.8 Å². The van der Waals surface area contributed by atoms with Crippen LogP contribution >= 0.6 is 0 Å². The fourth-order valence-electron chi connectivity index (χ4n) is 3.82. The van der Waals surface area contributed by atoms with E-state index in [0.29, 0.717) is 28.3 Å². The second kappa shape index (κ2) is 11.8. The Hall–Kier alpha value is -5.10. The Morgan fingerprint density at radius 2 is 1.63 bits per heavy atom. The maximum Gasteiger partial charge on any atom is 0.407 e. The maximum atomic E-state index is 13.3. The van der Waals surface area contributed by atoms with Gasteiger partial charge in [0.2, 0.25) is 0 Å². The number of ether oxygens (including phenoxy) is 2. The molecular weight excluding hydrogens is 484 g/mol. The molecule has 1 aliphatic rings. The molecule has 3 aromatic carbocycles.